The third-order valence-electron chi connectivity index (χ3n) is 2.23. The maximum absolute atomic E-state index is 12.7. The van der Waals surface area contributed by atoms with Crippen LogP contribution in [-0.4, -0.2) is 18.1 Å². The van der Waals surface area contributed by atoms with Gasteiger partial charge in [0.1, 0.15) is 17.5 Å². The molecule has 96 valence electrons. The normalized spacial score (nSPS) is 10.2. The molecule has 0 saturated carbocycles. The van der Waals surface area contributed by atoms with Gasteiger partial charge in [0.25, 0.3) is 6.43 Å². The van der Waals surface area contributed by atoms with Crippen molar-refractivity contribution in [2.24, 2.45) is 0 Å². The Hall–Kier alpha value is -1.74. The van der Waals surface area contributed by atoms with Gasteiger partial charge in [-0.25, -0.2) is 13.8 Å². The van der Waals surface area contributed by atoms with Crippen LogP contribution in [0.4, 0.5) is 8.78 Å². The number of hydrogen-bond acceptors (Lipinski definition) is 4. The van der Waals surface area contributed by atoms with Crippen LogP contribution in [0.5, 0.6) is 0 Å². The molecular formula is C11H9ClF2N2O2. The summed E-state index contributed by atoms with van der Waals surface area (Å²) in [5.74, 6) is -0.759. The van der Waals surface area contributed by atoms with Crippen molar-refractivity contribution in [3.63, 3.8) is 0 Å². The van der Waals surface area contributed by atoms with Crippen LogP contribution in [0.25, 0.3) is 0 Å². The van der Waals surface area contributed by atoms with E-state index in [4.69, 9.17) is 16.9 Å². The van der Waals surface area contributed by atoms with Crippen molar-refractivity contribution < 1.29 is 18.3 Å². The number of rotatable bonds is 4. The van der Waals surface area contributed by atoms with E-state index in [0.29, 0.717) is 0 Å². The molecule has 1 rings (SSSR count). The Morgan fingerprint density at radius 2 is 2.28 bits per heavy atom. The van der Waals surface area contributed by atoms with Gasteiger partial charge in [0.15, 0.2) is 0 Å². The van der Waals surface area contributed by atoms with Crippen molar-refractivity contribution >= 4 is 17.6 Å². The van der Waals surface area contributed by atoms with Crippen LogP contribution in [0.15, 0.2) is 6.07 Å². The summed E-state index contributed by atoms with van der Waals surface area (Å²) in [7, 11) is 1.19. The maximum Gasteiger partial charge on any atom is 0.310 e. The Morgan fingerprint density at radius 3 is 2.72 bits per heavy atom. The minimum absolute atomic E-state index is 0.101. The molecule has 0 aliphatic rings. The molecule has 0 unspecified atom stereocenters. The predicted molar refractivity (Wildman–Crippen MR) is 59.2 cm³/mol. The number of carbonyl (C=O) groups is 1. The topological polar surface area (TPSA) is 63.0 Å². The molecule has 0 aliphatic heterocycles. The monoisotopic (exact) mass is 274 g/mol. The van der Waals surface area contributed by atoms with E-state index < -0.39 is 18.1 Å². The molecule has 1 aromatic rings. The van der Waals surface area contributed by atoms with E-state index in [-0.39, 0.29) is 29.1 Å². The zero-order chi connectivity index (χ0) is 13.7. The van der Waals surface area contributed by atoms with Crippen LogP contribution in [0.3, 0.4) is 0 Å². The first-order valence-electron chi connectivity index (χ1n) is 4.87. The van der Waals surface area contributed by atoms with E-state index in [1.807, 2.05) is 0 Å². The molecule has 4 nitrogen and oxygen atoms in total. The Labute approximate surface area is 107 Å². The average Bonchev–Trinajstić information content (AvgIpc) is 2.37. The van der Waals surface area contributed by atoms with Gasteiger partial charge in [-0.3, -0.25) is 4.79 Å². The van der Waals surface area contributed by atoms with Crippen molar-refractivity contribution in [2.45, 2.75) is 18.7 Å². The summed E-state index contributed by atoms with van der Waals surface area (Å²) >= 11 is 5.54. The molecule has 0 fully saturated rings. The number of methoxy groups -OCH3 is 1. The Balaban J connectivity index is 3.27. The van der Waals surface area contributed by atoms with Crippen LogP contribution >= 0.6 is 11.6 Å². The van der Waals surface area contributed by atoms with Gasteiger partial charge in [-0.2, -0.15) is 5.26 Å². The summed E-state index contributed by atoms with van der Waals surface area (Å²) in [5, 5.41) is 8.83. The molecule has 0 aliphatic carbocycles. The predicted octanol–water partition coefficient (Wildman–Crippen LogP) is 2.35. The summed E-state index contributed by atoms with van der Waals surface area (Å²) in [5.41, 5.74) is -0.422. The van der Waals surface area contributed by atoms with Crippen molar-refractivity contribution in [1.82, 2.24) is 4.98 Å². The van der Waals surface area contributed by atoms with Crippen molar-refractivity contribution in [1.29, 1.82) is 5.26 Å². The van der Waals surface area contributed by atoms with Gasteiger partial charge in [0.05, 0.1) is 13.5 Å². The second-order valence-electron chi connectivity index (χ2n) is 3.34. The molecule has 0 spiro atoms. The van der Waals surface area contributed by atoms with Gasteiger partial charge in [-0.15, -0.1) is 11.6 Å². The molecular weight excluding hydrogens is 266 g/mol. The van der Waals surface area contributed by atoms with E-state index in [2.05, 4.69) is 9.72 Å². The van der Waals surface area contributed by atoms with E-state index >= 15 is 0 Å². The van der Waals surface area contributed by atoms with E-state index in [9.17, 15) is 13.6 Å². The molecule has 0 bridgehead atoms. The second-order valence-corrected chi connectivity index (χ2v) is 3.61. The summed E-state index contributed by atoms with van der Waals surface area (Å²) in [6.07, 6.45) is -3.03. The summed E-state index contributed by atoms with van der Waals surface area (Å²) in [6, 6.07) is 2.96. The van der Waals surface area contributed by atoms with Gasteiger partial charge < -0.3 is 4.74 Å². The Bertz CT molecular complexity index is 501. The van der Waals surface area contributed by atoms with E-state index in [0.717, 1.165) is 0 Å². The highest BCUT2D eigenvalue weighted by molar-refractivity contribution is 6.17. The lowest BCUT2D eigenvalue weighted by molar-refractivity contribution is -0.139. The number of halogens is 3. The number of hydrogen-bond donors (Lipinski definition) is 0. The number of alkyl halides is 3. The Kier molecular flexibility index (Phi) is 4.98. The lowest BCUT2D eigenvalue weighted by Gasteiger charge is -2.09. The zero-order valence-electron chi connectivity index (χ0n) is 9.41. The van der Waals surface area contributed by atoms with Crippen molar-refractivity contribution in [3.05, 3.63) is 28.6 Å². The Morgan fingerprint density at radius 1 is 1.61 bits per heavy atom. The lowest BCUT2D eigenvalue weighted by atomic mass is 10.1. The number of pyridine rings is 1. The van der Waals surface area contributed by atoms with Crippen molar-refractivity contribution in [3.8, 4) is 6.07 Å². The molecule has 0 amide bonds. The minimum Gasteiger partial charge on any atom is -0.469 e. The molecule has 18 heavy (non-hydrogen) atoms. The summed E-state index contributed by atoms with van der Waals surface area (Å²) in [6.45, 7) is 0. The van der Waals surface area contributed by atoms with Crippen LogP contribution in [0, 0.1) is 11.3 Å². The molecule has 7 heteroatoms. The number of aromatic nitrogens is 1. The third kappa shape index (κ3) is 3.14. The fourth-order valence-electron chi connectivity index (χ4n) is 1.37. The minimum atomic E-state index is -2.82. The first-order valence-corrected chi connectivity index (χ1v) is 5.40. The van der Waals surface area contributed by atoms with Gasteiger partial charge in [0, 0.05) is 11.4 Å². The fourth-order valence-corrected chi connectivity index (χ4v) is 1.59. The highest BCUT2D eigenvalue weighted by Gasteiger charge is 2.19. The third-order valence-corrected chi connectivity index (χ3v) is 2.52. The van der Waals surface area contributed by atoms with Gasteiger partial charge in [0.2, 0.25) is 0 Å². The maximum atomic E-state index is 12.7. The highest BCUT2D eigenvalue weighted by Crippen LogP contribution is 2.25. The molecule has 0 saturated heterocycles. The van der Waals surface area contributed by atoms with Crippen LogP contribution in [0.2, 0.25) is 0 Å². The number of ether oxygens (including phenoxy) is 1. The van der Waals surface area contributed by atoms with E-state index in [1.165, 1.54) is 13.2 Å². The lowest BCUT2D eigenvalue weighted by Crippen LogP contribution is -2.10. The summed E-state index contributed by atoms with van der Waals surface area (Å²) < 4.78 is 29.8. The molecule has 0 aromatic carbocycles. The van der Waals surface area contributed by atoms with Crippen molar-refractivity contribution in [2.75, 3.05) is 7.11 Å². The van der Waals surface area contributed by atoms with Gasteiger partial charge >= 0.3 is 5.97 Å². The number of carbonyl (C=O) groups excluding carboxylic acids is 1. The molecule has 0 N–H and O–H groups in total. The highest BCUT2D eigenvalue weighted by atomic mass is 35.5. The van der Waals surface area contributed by atoms with Gasteiger partial charge in [-0.1, -0.05) is 0 Å². The molecule has 1 aromatic heterocycles. The number of nitriles is 1. The molecule has 1 heterocycles. The van der Waals surface area contributed by atoms with Gasteiger partial charge in [-0.05, 0) is 11.6 Å². The second kappa shape index (κ2) is 6.26. The SMILES string of the molecule is COC(=O)Cc1cc(CCl)c(C(F)F)nc1C#N. The first kappa shape index (κ1) is 14.3. The van der Waals surface area contributed by atoms with Crippen LogP contribution in [0.1, 0.15) is 28.9 Å². The number of nitrogens with zero attached hydrogens (tertiary/aromatic N) is 2. The smallest absolute Gasteiger partial charge is 0.310 e. The molecule has 0 atom stereocenters. The van der Waals surface area contributed by atoms with E-state index in [1.54, 1.807) is 6.07 Å². The quantitative estimate of drug-likeness (QED) is 0.624. The number of esters is 1. The summed E-state index contributed by atoms with van der Waals surface area (Å²) in [4.78, 5) is 14.7. The van der Waals surface area contributed by atoms with Crippen LogP contribution < -0.4 is 0 Å². The average molecular weight is 275 g/mol. The van der Waals surface area contributed by atoms with Crippen LogP contribution in [-0.2, 0) is 21.8 Å². The largest absolute Gasteiger partial charge is 0.469 e. The fraction of sp³-hybridized carbons (Fsp3) is 0.364. The standard InChI is InChI=1S/C11H9ClF2N2O2/c1-18-9(17)3-6-2-7(4-12)10(11(13)14)16-8(6)5-15/h2,11H,3-4H2,1H3. The zero-order valence-corrected chi connectivity index (χ0v) is 10.2. The first-order chi connectivity index (χ1) is 8.53. The molecule has 0 radical (unpaired) electrons.